The molecule has 0 unspecified atom stereocenters. The number of carboxylic acid groups (broad SMARTS) is 1. The molecule has 1 aromatic heterocycles. The van der Waals surface area contributed by atoms with Crippen LogP contribution in [0.1, 0.15) is 59.2 Å². The van der Waals surface area contributed by atoms with Crippen molar-refractivity contribution in [2.24, 2.45) is 0 Å². The van der Waals surface area contributed by atoms with Gasteiger partial charge in [-0.25, -0.2) is 4.98 Å². The summed E-state index contributed by atoms with van der Waals surface area (Å²) >= 11 is 6.01. The molecule has 0 amide bonds. The van der Waals surface area contributed by atoms with Gasteiger partial charge in [0.05, 0.1) is 12.0 Å². The highest BCUT2D eigenvalue weighted by atomic mass is 35.5. The third-order valence-corrected chi connectivity index (χ3v) is 7.84. The number of halogens is 1. The van der Waals surface area contributed by atoms with Crippen LogP contribution in [-0.2, 0) is 16.8 Å². The molecule has 2 aromatic carbocycles. The number of allylic oxidation sites excluding steroid dienone is 1. The molecule has 0 radical (unpaired) electrons. The van der Waals surface area contributed by atoms with E-state index in [0.29, 0.717) is 41.5 Å². The fourth-order valence-corrected chi connectivity index (χ4v) is 5.49. The van der Waals surface area contributed by atoms with Gasteiger partial charge in [-0.1, -0.05) is 41.9 Å². The minimum Gasteiger partial charge on any atom is -0.481 e. The molecule has 0 bridgehead atoms. The number of likely N-dealkylation sites (tertiary alicyclic amines) is 1. The molecular formula is C31H31ClN2O5. The average Bonchev–Trinajstić information content (AvgIpc) is 3.09. The van der Waals surface area contributed by atoms with Crippen LogP contribution in [0.25, 0.3) is 5.57 Å². The van der Waals surface area contributed by atoms with Gasteiger partial charge in [-0.3, -0.25) is 9.59 Å². The van der Waals surface area contributed by atoms with Gasteiger partial charge >= 0.3 is 5.97 Å². The summed E-state index contributed by atoms with van der Waals surface area (Å²) in [4.78, 5) is 30.7. The Labute approximate surface area is 232 Å². The summed E-state index contributed by atoms with van der Waals surface area (Å²) in [5, 5.41) is 20.9. The Morgan fingerprint density at radius 1 is 1.05 bits per heavy atom. The standard InChI is InChI=1S/C31H31ClN2O5/c32-23-10-8-22(9-11-23)31(38)14-18-34(19-15-31)17-3-4-21-20-26-25(27(35)12-13-29(36)37)5-1-7-28(26)39-30-24(21)6-2-16-33-30/h1-2,4-11,16,38H,3,12-15,17-20H2,(H,36,37). The monoisotopic (exact) mass is 546 g/mol. The number of nitrogens with zero attached hydrogens (tertiary/aromatic N) is 2. The van der Waals surface area contributed by atoms with Crippen molar-refractivity contribution in [2.75, 3.05) is 19.6 Å². The number of carbonyl (C=O) groups is 2. The molecule has 0 aliphatic carbocycles. The number of Topliss-reactive ketones (excluding diaryl/α,β-unsaturated/α-hetero) is 1. The molecule has 202 valence electrons. The molecular weight excluding hydrogens is 516 g/mol. The zero-order valence-electron chi connectivity index (χ0n) is 21.6. The van der Waals surface area contributed by atoms with Gasteiger partial charge in [0.15, 0.2) is 5.78 Å². The van der Waals surface area contributed by atoms with E-state index in [9.17, 15) is 14.7 Å². The van der Waals surface area contributed by atoms with Gasteiger partial charge in [-0.05, 0) is 60.7 Å². The van der Waals surface area contributed by atoms with Crippen molar-refractivity contribution < 1.29 is 24.5 Å². The number of rotatable bonds is 8. The van der Waals surface area contributed by atoms with E-state index in [1.54, 1.807) is 18.3 Å². The number of piperidine rings is 1. The third kappa shape index (κ3) is 6.22. The molecule has 3 heterocycles. The minimum atomic E-state index is -0.997. The smallest absolute Gasteiger partial charge is 0.303 e. The zero-order chi connectivity index (χ0) is 27.4. The fourth-order valence-electron chi connectivity index (χ4n) is 5.37. The molecule has 2 N–H and O–H groups in total. The first-order valence-corrected chi connectivity index (χ1v) is 13.6. The van der Waals surface area contributed by atoms with E-state index < -0.39 is 11.6 Å². The molecule has 0 saturated carbocycles. The lowest BCUT2D eigenvalue weighted by Gasteiger charge is -2.38. The SMILES string of the molecule is O=C(O)CCC(=O)c1cccc2c1CC(=CCCN1CCC(O)(c3ccc(Cl)cc3)CC1)c1cccnc1O2. The summed E-state index contributed by atoms with van der Waals surface area (Å²) in [6.07, 6.45) is 6.16. The predicted molar refractivity (Wildman–Crippen MR) is 149 cm³/mol. The van der Waals surface area contributed by atoms with Crippen LogP contribution >= 0.6 is 11.6 Å². The molecule has 7 nitrogen and oxygen atoms in total. The Balaban J connectivity index is 1.31. The number of aromatic nitrogens is 1. The van der Waals surface area contributed by atoms with Crippen molar-refractivity contribution in [3.8, 4) is 11.6 Å². The van der Waals surface area contributed by atoms with E-state index in [2.05, 4.69) is 16.0 Å². The zero-order valence-corrected chi connectivity index (χ0v) is 22.4. The number of hydrogen-bond donors (Lipinski definition) is 2. The van der Waals surface area contributed by atoms with Gasteiger partial charge in [0, 0.05) is 60.4 Å². The lowest BCUT2D eigenvalue weighted by Crippen LogP contribution is -2.42. The summed E-state index contributed by atoms with van der Waals surface area (Å²) < 4.78 is 6.15. The Hall–Kier alpha value is -3.52. The number of hydrogen-bond acceptors (Lipinski definition) is 6. The van der Waals surface area contributed by atoms with E-state index in [1.807, 2.05) is 42.5 Å². The lowest BCUT2D eigenvalue weighted by atomic mass is 9.84. The quantitative estimate of drug-likeness (QED) is 0.340. The number of aliphatic carboxylic acids is 1. The number of ketones is 1. The summed E-state index contributed by atoms with van der Waals surface area (Å²) in [5.74, 6) is -0.151. The second-order valence-electron chi connectivity index (χ2n) is 10.1. The summed E-state index contributed by atoms with van der Waals surface area (Å²) in [6.45, 7) is 2.41. The minimum absolute atomic E-state index is 0.0621. The average molecular weight is 547 g/mol. The van der Waals surface area contributed by atoms with Crippen LogP contribution in [-0.4, -0.2) is 51.5 Å². The fraction of sp³-hybridized carbons (Fsp3) is 0.323. The molecule has 1 fully saturated rings. The normalized spacial score (nSPS) is 17.5. The van der Waals surface area contributed by atoms with Gasteiger partial charge in [-0.2, -0.15) is 0 Å². The molecule has 8 heteroatoms. The largest absolute Gasteiger partial charge is 0.481 e. The highest BCUT2D eigenvalue weighted by Gasteiger charge is 2.33. The topological polar surface area (TPSA) is 100.0 Å². The van der Waals surface area contributed by atoms with Crippen LogP contribution in [0.5, 0.6) is 11.6 Å². The maximum atomic E-state index is 12.9. The van der Waals surface area contributed by atoms with Crippen LogP contribution in [0.3, 0.4) is 0 Å². The Kier molecular flexibility index (Phi) is 8.12. The number of fused-ring (bicyclic) bond motifs is 2. The van der Waals surface area contributed by atoms with E-state index in [1.165, 1.54) is 0 Å². The van der Waals surface area contributed by atoms with Crippen LogP contribution in [0.4, 0.5) is 0 Å². The number of benzene rings is 2. The second-order valence-corrected chi connectivity index (χ2v) is 10.6. The van der Waals surface area contributed by atoms with E-state index in [-0.39, 0.29) is 18.6 Å². The van der Waals surface area contributed by atoms with Crippen LogP contribution in [0.2, 0.25) is 5.02 Å². The van der Waals surface area contributed by atoms with Crippen LogP contribution < -0.4 is 4.74 Å². The predicted octanol–water partition coefficient (Wildman–Crippen LogP) is 5.89. The molecule has 5 rings (SSSR count). The molecule has 1 saturated heterocycles. The van der Waals surface area contributed by atoms with Gasteiger partial charge in [-0.15, -0.1) is 0 Å². The van der Waals surface area contributed by atoms with Crippen molar-refractivity contribution in [2.45, 2.75) is 44.1 Å². The van der Waals surface area contributed by atoms with E-state index in [4.69, 9.17) is 21.4 Å². The first-order valence-electron chi connectivity index (χ1n) is 13.2. The number of pyridine rings is 1. The number of ether oxygens (including phenoxy) is 1. The van der Waals surface area contributed by atoms with Crippen molar-refractivity contribution in [1.82, 2.24) is 9.88 Å². The molecule has 3 aromatic rings. The van der Waals surface area contributed by atoms with Gasteiger partial charge in [0.1, 0.15) is 5.75 Å². The van der Waals surface area contributed by atoms with Crippen molar-refractivity contribution in [3.05, 3.63) is 94.1 Å². The molecule has 2 aliphatic heterocycles. The molecule has 0 spiro atoms. The second kappa shape index (κ2) is 11.7. The Bertz CT molecular complexity index is 1390. The van der Waals surface area contributed by atoms with Crippen molar-refractivity contribution in [1.29, 1.82) is 0 Å². The maximum Gasteiger partial charge on any atom is 0.303 e. The first kappa shape index (κ1) is 27.1. The van der Waals surface area contributed by atoms with Crippen molar-refractivity contribution in [3.63, 3.8) is 0 Å². The molecule has 2 aliphatic rings. The van der Waals surface area contributed by atoms with Gasteiger partial charge in [0.25, 0.3) is 0 Å². The lowest BCUT2D eigenvalue weighted by molar-refractivity contribution is -0.136. The summed E-state index contributed by atoms with van der Waals surface area (Å²) in [6, 6.07) is 16.6. The third-order valence-electron chi connectivity index (χ3n) is 7.59. The van der Waals surface area contributed by atoms with E-state index in [0.717, 1.165) is 48.3 Å². The summed E-state index contributed by atoms with van der Waals surface area (Å²) in [5.41, 5.74) is 3.21. The Morgan fingerprint density at radius 2 is 1.82 bits per heavy atom. The first-order chi connectivity index (χ1) is 18.8. The van der Waals surface area contributed by atoms with Crippen LogP contribution in [0, 0.1) is 0 Å². The molecule has 0 atom stereocenters. The highest BCUT2D eigenvalue weighted by molar-refractivity contribution is 6.30. The van der Waals surface area contributed by atoms with E-state index >= 15 is 0 Å². The van der Waals surface area contributed by atoms with Gasteiger partial charge in [0.2, 0.25) is 5.88 Å². The van der Waals surface area contributed by atoms with Gasteiger partial charge < -0.3 is 19.8 Å². The number of carbonyl (C=O) groups excluding carboxylic acids is 1. The number of carboxylic acids is 1. The molecule has 39 heavy (non-hydrogen) atoms. The highest BCUT2D eigenvalue weighted by Crippen LogP contribution is 2.40. The number of aliphatic hydroxyl groups is 1. The maximum absolute atomic E-state index is 12.9. The Morgan fingerprint density at radius 3 is 2.56 bits per heavy atom. The van der Waals surface area contributed by atoms with Crippen LogP contribution in [0.15, 0.2) is 66.9 Å². The summed E-state index contributed by atoms with van der Waals surface area (Å²) in [7, 11) is 0. The van der Waals surface area contributed by atoms with Crippen molar-refractivity contribution >= 4 is 28.9 Å².